The number of nitro groups is 1. The first-order chi connectivity index (χ1) is 7.66. The van der Waals surface area contributed by atoms with Gasteiger partial charge in [-0.3, -0.25) is 10.1 Å². The van der Waals surface area contributed by atoms with E-state index in [1.165, 1.54) is 12.4 Å². The molecule has 0 radical (unpaired) electrons. The topological polar surface area (TPSA) is 98.2 Å². The molecule has 2 N–H and O–H groups in total. The van der Waals surface area contributed by atoms with Gasteiger partial charge in [0, 0.05) is 19.1 Å². The second-order valence-electron chi connectivity index (χ2n) is 3.85. The second-order valence-corrected chi connectivity index (χ2v) is 3.85. The highest BCUT2D eigenvalue weighted by Gasteiger charge is 2.19. The molecule has 1 saturated heterocycles. The smallest absolute Gasteiger partial charge is 0.305 e. The lowest BCUT2D eigenvalue weighted by atomic mass is 10.1. The summed E-state index contributed by atoms with van der Waals surface area (Å²) in [7, 11) is 0. The summed E-state index contributed by atoms with van der Waals surface area (Å²) >= 11 is 0. The van der Waals surface area contributed by atoms with Crippen molar-refractivity contribution in [3.63, 3.8) is 0 Å². The summed E-state index contributed by atoms with van der Waals surface area (Å²) in [6.07, 6.45) is 4.45. The second kappa shape index (κ2) is 4.40. The quantitative estimate of drug-likeness (QED) is 0.572. The van der Waals surface area contributed by atoms with E-state index in [-0.39, 0.29) is 11.7 Å². The minimum atomic E-state index is -0.508. The maximum Gasteiger partial charge on any atom is 0.305 e. The molecule has 0 aromatic carbocycles. The van der Waals surface area contributed by atoms with Crippen LogP contribution in [-0.4, -0.2) is 34.0 Å². The first-order valence-electron chi connectivity index (χ1n) is 5.14. The van der Waals surface area contributed by atoms with Crippen LogP contribution in [0.4, 0.5) is 11.6 Å². The van der Waals surface area contributed by atoms with Crippen molar-refractivity contribution in [2.45, 2.75) is 18.9 Å². The average molecular weight is 223 g/mol. The SMILES string of the molecule is NC1CCCN(c2ncc([N+](=O)[O-])cn2)C1. The van der Waals surface area contributed by atoms with Gasteiger partial charge in [-0.1, -0.05) is 0 Å². The highest BCUT2D eigenvalue weighted by atomic mass is 16.6. The molecule has 2 rings (SSSR count). The van der Waals surface area contributed by atoms with Gasteiger partial charge >= 0.3 is 5.69 Å². The van der Waals surface area contributed by atoms with Crippen molar-refractivity contribution in [3.05, 3.63) is 22.5 Å². The zero-order valence-electron chi connectivity index (χ0n) is 8.74. The van der Waals surface area contributed by atoms with Gasteiger partial charge < -0.3 is 10.6 Å². The van der Waals surface area contributed by atoms with Crippen molar-refractivity contribution < 1.29 is 4.92 Å². The van der Waals surface area contributed by atoms with Gasteiger partial charge in [-0.2, -0.15) is 0 Å². The molecule has 0 spiro atoms. The molecule has 7 nitrogen and oxygen atoms in total. The summed E-state index contributed by atoms with van der Waals surface area (Å²) in [4.78, 5) is 19.8. The minimum absolute atomic E-state index is 0.0925. The van der Waals surface area contributed by atoms with Crippen LogP contribution in [0.25, 0.3) is 0 Å². The predicted octanol–water partition coefficient (Wildman–Crippen LogP) is 0.312. The van der Waals surface area contributed by atoms with E-state index in [0.717, 1.165) is 19.4 Å². The zero-order chi connectivity index (χ0) is 11.5. The van der Waals surface area contributed by atoms with Crippen molar-refractivity contribution in [2.75, 3.05) is 18.0 Å². The Kier molecular flexibility index (Phi) is 2.95. The number of nitrogens with two attached hydrogens (primary N) is 1. The van der Waals surface area contributed by atoms with Gasteiger partial charge in [-0.25, -0.2) is 9.97 Å². The normalized spacial score (nSPS) is 20.8. The van der Waals surface area contributed by atoms with E-state index in [2.05, 4.69) is 9.97 Å². The monoisotopic (exact) mass is 223 g/mol. The van der Waals surface area contributed by atoms with Crippen LogP contribution in [0.1, 0.15) is 12.8 Å². The molecule has 16 heavy (non-hydrogen) atoms. The molecule has 0 saturated carbocycles. The molecule has 0 amide bonds. The van der Waals surface area contributed by atoms with Crippen molar-refractivity contribution in [1.29, 1.82) is 0 Å². The van der Waals surface area contributed by atoms with Crippen LogP contribution in [0.2, 0.25) is 0 Å². The van der Waals surface area contributed by atoms with Gasteiger partial charge in [-0.15, -0.1) is 0 Å². The molecule has 1 fully saturated rings. The number of anilines is 1. The molecule has 7 heteroatoms. The Bertz CT molecular complexity index is 380. The molecule has 0 aliphatic carbocycles. The van der Waals surface area contributed by atoms with Gasteiger partial charge in [0.1, 0.15) is 12.4 Å². The van der Waals surface area contributed by atoms with E-state index in [1.807, 2.05) is 4.90 Å². The highest BCUT2D eigenvalue weighted by molar-refractivity contribution is 5.34. The van der Waals surface area contributed by atoms with Gasteiger partial charge in [0.05, 0.1) is 4.92 Å². The predicted molar refractivity (Wildman–Crippen MR) is 58.1 cm³/mol. The Morgan fingerprint density at radius 3 is 2.75 bits per heavy atom. The maximum atomic E-state index is 10.4. The summed E-state index contributed by atoms with van der Waals surface area (Å²) in [6, 6.07) is 0.132. The Morgan fingerprint density at radius 1 is 1.50 bits per heavy atom. The largest absolute Gasteiger partial charge is 0.339 e. The van der Waals surface area contributed by atoms with Crippen molar-refractivity contribution in [1.82, 2.24) is 9.97 Å². The van der Waals surface area contributed by atoms with Gasteiger partial charge in [0.25, 0.3) is 0 Å². The molecule has 1 aromatic heterocycles. The average Bonchev–Trinajstić information content (AvgIpc) is 2.29. The van der Waals surface area contributed by atoms with E-state index in [0.29, 0.717) is 12.5 Å². The van der Waals surface area contributed by atoms with Gasteiger partial charge in [0.2, 0.25) is 5.95 Å². The zero-order valence-corrected chi connectivity index (χ0v) is 8.74. The Morgan fingerprint density at radius 2 is 2.19 bits per heavy atom. The Balaban J connectivity index is 2.11. The molecule has 86 valence electrons. The third-order valence-electron chi connectivity index (χ3n) is 2.58. The van der Waals surface area contributed by atoms with E-state index in [9.17, 15) is 10.1 Å². The van der Waals surface area contributed by atoms with Crippen LogP contribution in [0, 0.1) is 10.1 Å². The summed E-state index contributed by atoms with van der Waals surface area (Å²) in [5, 5.41) is 10.4. The van der Waals surface area contributed by atoms with E-state index < -0.39 is 4.92 Å². The molecular weight excluding hydrogens is 210 g/mol. The number of hydrogen-bond donors (Lipinski definition) is 1. The van der Waals surface area contributed by atoms with Crippen LogP contribution in [-0.2, 0) is 0 Å². The maximum absolute atomic E-state index is 10.4. The molecule has 1 aliphatic heterocycles. The molecule has 0 bridgehead atoms. The number of nitrogens with zero attached hydrogens (tertiary/aromatic N) is 4. The first-order valence-corrected chi connectivity index (χ1v) is 5.14. The summed E-state index contributed by atoms with van der Waals surface area (Å²) in [5.74, 6) is 0.515. The summed E-state index contributed by atoms with van der Waals surface area (Å²) in [5.41, 5.74) is 5.74. The number of aromatic nitrogens is 2. The van der Waals surface area contributed by atoms with Crippen LogP contribution >= 0.6 is 0 Å². The Labute approximate surface area is 92.4 Å². The van der Waals surface area contributed by atoms with Gasteiger partial charge in [-0.05, 0) is 12.8 Å². The lowest BCUT2D eigenvalue weighted by Gasteiger charge is -2.30. The van der Waals surface area contributed by atoms with Crippen LogP contribution in [0.3, 0.4) is 0 Å². The molecule has 1 aromatic rings. The van der Waals surface area contributed by atoms with E-state index in [1.54, 1.807) is 0 Å². The number of hydrogen-bond acceptors (Lipinski definition) is 6. The lowest BCUT2D eigenvalue weighted by molar-refractivity contribution is -0.385. The lowest BCUT2D eigenvalue weighted by Crippen LogP contribution is -2.43. The van der Waals surface area contributed by atoms with Crippen molar-refractivity contribution in [2.24, 2.45) is 5.73 Å². The van der Waals surface area contributed by atoms with E-state index >= 15 is 0 Å². The molecule has 2 heterocycles. The fourth-order valence-electron chi connectivity index (χ4n) is 1.76. The molecular formula is C9H13N5O2. The molecule has 1 unspecified atom stereocenters. The molecule has 1 atom stereocenters. The fraction of sp³-hybridized carbons (Fsp3) is 0.556. The highest BCUT2D eigenvalue weighted by Crippen LogP contribution is 2.16. The fourth-order valence-corrected chi connectivity index (χ4v) is 1.76. The van der Waals surface area contributed by atoms with Crippen molar-refractivity contribution >= 4 is 11.6 Å². The third kappa shape index (κ3) is 2.25. The third-order valence-corrected chi connectivity index (χ3v) is 2.58. The molecule has 1 aliphatic rings. The van der Waals surface area contributed by atoms with Crippen LogP contribution in [0.15, 0.2) is 12.4 Å². The Hall–Kier alpha value is -1.76. The number of rotatable bonds is 2. The minimum Gasteiger partial charge on any atom is -0.339 e. The van der Waals surface area contributed by atoms with Crippen molar-refractivity contribution in [3.8, 4) is 0 Å². The van der Waals surface area contributed by atoms with Crippen LogP contribution in [0.5, 0.6) is 0 Å². The summed E-state index contributed by atoms with van der Waals surface area (Å²) in [6.45, 7) is 1.56. The standard InChI is InChI=1S/C9H13N5O2/c10-7-2-1-3-13(6-7)9-11-4-8(5-12-9)14(15)16/h4-5,7H,1-3,6,10H2. The summed E-state index contributed by atoms with van der Waals surface area (Å²) < 4.78 is 0. The van der Waals surface area contributed by atoms with Crippen LogP contribution < -0.4 is 10.6 Å². The van der Waals surface area contributed by atoms with E-state index in [4.69, 9.17) is 5.73 Å². The number of piperidine rings is 1. The first kappa shape index (κ1) is 10.7. The van der Waals surface area contributed by atoms with Gasteiger partial charge in [0.15, 0.2) is 0 Å².